The second-order valence-corrected chi connectivity index (χ2v) is 6.78. The minimum absolute atomic E-state index is 0.0792. The lowest BCUT2D eigenvalue weighted by atomic mass is 10.2. The van der Waals surface area contributed by atoms with Crippen molar-refractivity contribution in [3.8, 4) is 0 Å². The fraction of sp³-hybridized carbons (Fsp3) is 0.588. The minimum Gasteiger partial charge on any atom is -0.366 e. The Bertz CT molecular complexity index is 774. The number of nitrogens with zero attached hydrogens (tertiary/aromatic N) is 4. The number of ether oxygens (including phenoxy) is 1. The number of H-pyrrole nitrogens is 1. The highest BCUT2D eigenvalue weighted by atomic mass is 16.5. The van der Waals surface area contributed by atoms with E-state index in [2.05, 4.69) is 33.6 Å². The van der Waals surface area contributed by atoms with Gasteiger partial charge in [0.15, 0.2) is 5.82 Å². The van der Waals surface area contributed by atoms with Gasteiger partial charge >= 0.3 is 0 Å². The first-order chi connectivity index (χ1) is 11.5. The van der Waals surface area contributed by atoms with Gasteiger partial charge in [0.1, 0.15) is 11.9 Å². The molecule has 1 aliphatic heterocycles. The van der Waals surface area contributed by atoms with Crippen LogP contribution >= 0.6 is 0 Å². The highest BCUT2D eigenvalue weighted by Crippen LogP contribution is 2.38. The predicted octanol–water partition coefficient (Wildman–Crippen LogP) is 2.08. The van der Waals surface area contributed by atoms with Gasteiger partial charge in [0, 0.05) is 24.0 Å². The van der Waals surface area contributed by atoms with Crippen LogP contribution in [0.1, 0.15) is 58.4 Å². The number of rotatable bonds is 3. The number of aromatic amines is 1. The maximum atomic E-state index is 13.0. The molecule has 1 atom stereocenters. The normalized spacial score (nSPS) is 21.3. The standard InChI is InChI=1S/C17H23N5O2/c1-10-8-14(11(2)22(10)13-4-5-13)17(23)21-6-7-24-15(9-21)16-18-12(3)19-20-16/h8,13,15H,4-7,9H2,1-3H3,(H,18,19,20)/t15-/m0/s1. The van der Waals surface area contributed by atoms with Crippen molar-refractivity contribution in [2.45, 2.75) is 45.8 Å². The number of morpholine rings is 1. The average Bonchev–Trinajstić information content (AvgIpc) is 3.24. The number of aromatic nitrogens is 4. The monoisotopic (exact) mass is 329 g/mol. The highest BCUT2D eigenvalue weighted by molar-refractivity contribution is 5.95. The van der Waals surface area contributed by atoms with Crippen molar-refractivity contribution in [3.63, 3.8) is 0 Å². The third-order valence-electron chi connectivity index (χ3n) is 4.88. The molecule has 128 valence electrons. The fourth-order valence-corrected chi connectivity index (χ4v) is 3.55. The summed E-state index contributed by atoms with van der Waals surface area (Å²) in [6.45, 7) is 7.59. The molecule has 2 aromatic rings. The van der Waals surface area contributed by atoms with Crippen molar-refractivity contribution in [1.29, 1.82) is 0 Å². The van der Waals surface area contributed by atoms with E-state index in [9.17, 15) is 4.79 Å². The summed E-state index contributed by atoms with van der Waals surface area (Å²) in [5.74, 6) is 1.45. The first-order valence-corrected chi connectivity index (χ1v) is 8.53. The summed E-state index contributed by atoms with van der Waals surface area (Å²) < 4.78 is 8.07. The average molecular weight is 329 g/mol. The van der Waals surface area contributed by atoms with Crippen molar-refractivity contribution in [3.05, 3.63) is 34.7 Å². The topological polar surface area (TPSA) is 76.0 Å². The van der Waals surface area contributed by atoms with Gasteiger partial charge in [-0.2, -0.15) is 5.10 Å². The van der Waals surface area contributed by atoms with Crippen molar-refractivity contribution >= 4 is 5.91 Å². The Kier molecular flexibility index (Phi) is 3.68. The van der Waals surface area contributed by atoms with E-state index in [-0.39, 0.29) is 12.0 Å². The molecule has 1 amide bonds. The van der Waals surface area contributed by atoms with Gasteiger partial charge in [0.05, 0.1) is 18.7 Å². The molecule has 2 aromatic heterocycles. The number of hydrogen-bond acceptors (Lipinski definition) is 4. The van der Waals surface area contributed by atoms with Crippen molar-refractivity contribution in [1.82, 2.24) is 24.6 Å². The quantitative estimate of drug-likeness (QED) is 0.935. The summed E-state index contributed by atoms with van der Waals surface area (Å²) in [6.07, 6.45) is 2.17. The van der Waals surface area contributed by atoms with Gasteiger partial charge in [-0.25, -0.2) is 4.98 Å². The third kappa shape index (κ3) is 2.62. The van der Waals surface area contributed by atoms with E-state index in [0.29, 0.717) is 31.6 Å². The van der Waals surface area contributed by atoms with Gasteiger partial charge in [-0.3, -0.25) is 9.89 Å². The molecule has 1 N–H and O–H groups in total. The van der Waals surface area contributed by atoms with Gasteiger partial charge in [-0.1, -0.05) is 0 Å². The van der Waals surface area contributed by atoms with Gasteiger partial charge in [0.2, 0.25) is 0 Å². The summed E-state index contributed by atoms with van der Waals surface area (Å²) in [6, 6.07) is 2.61. The molecule has 0 unspecified atom stereocenters. The second-order valence-electron chi connectivity index (χ2n) is 6.78. The molecule has 0 radical (unpaired) electrons. The second kappa shape index (κ2) is 5.73. The number of nitrogens with one attached hydrogen (secondary N) is 1. The maximum Gasteiger partial charge on any atom is 0.255 e. The lowest BCUT2D eigenvalue weighted by molar-refractivity contribution is -0.0267. The molecule has 3 heterocycles. The molecule has 24 heavy (non-hydrogen) atoms. The Hall–Kier alpha value is -2.15. The van der Waals surface area contributed by atoms with Crippen LogP contribution < -0.4 is 0 Å². The minimum atomic E-state index is -0.264. The number of hydrogen-bond donors (Lipinski definition) is 1. The first-order valence-electron chi connectivity index (χ1n) is 8.53. The summed E-state index contributed by atoms with van der Waals surface area (Å²) in [4.78, 5) is 19.2. The molecule has 7 heteroatoms. The van der Waals surface area contributed by atoms with Crippen molar-refractivity contribution in [2.24, 2.45) is 0 Å². The Balaban J connectivity index is 1.55. The molecule has 4 rings (SSSR count). The smallest absolute Gasteiger partial charge is 0.255 e. The van der Waals surface area contributed by atoms with Crippen LogP contribution in [0.5, 0.6) is 0 Å². The van der Waals surface area contributed by atoms with Crippen LogP contribution in [-0.2, 0) is 4.74 Å². The fourth-order valence-electron chi connectivity index (χ4n) is 3.55. The molecule has 1 aliphatic carbocycles. The lowest BCUT2D eigenvalue weighted by Gasteiger charge is -2.31. The largest absolute Gasteiger partial charge is 0.366 e. The van der Waals surface area contributed by atoms with Gasteiger partial charge in [0.25, 0.3) is 5.91 Å². The number of carbonyl (C=O) groups is 1. The number of carbonyl (C=O) groups excluding carboxylic acids is 1. The molecule has 1 saturated heterocycles. The van der Waals surface area contributed by atoms with Gasteiger partial charge < -0.3 is 14.2 Å². The molecule has 7 nitrogen and oxygen atoms in total. The summed E-state index contributed by atoms with van der Waals surface area (Å²) in [5.41, 5.74) is 3.07. The van der Waals surface area contributed by atoms with Crippen LogP contribution in [0.2, 0.25) is 0 Å². The molecule has 1 saturated carbocycles. The van der Waals surface area contributed by atoms with Crippen molar-refractivity contribution in [2.75, 3.05) is 19.7 Å². The molecular formula is C17H23N5O2. The van der Waals surface area contributed by atoms with Crippen LogP contribution in [0.4, 0.5) is 0 Å². The lowest BCUT2D eigenvalue weighted by Crippen LogP contribution is -2.42. The Morgan fingerprint density at radius 2 is 2.12 bits per heavy atom. The molecule has 2 aliphatic rings. The predicted molar refractivity (Wildman–Crippen MR) is 87.9 cm³/mol. The molecule has 0 bridgehead atoms. The van der Waals surface area contributed by atoms with E-state index in [1.54, 1.807) is 0 Å². The Morgan fingerprint density at radius 3 is 2.79 bits per heavy atom. The zero-order valence-electron chi connectivity index (χ0n) is 14.4. The SMILES string of the molecule is Cc1nc([C@@H]2CN(C(=O)c3cc(C)n(C4CC4)c3C)CCO2)n[nH]1. The van der Waals surface area contributed by atoms with Crippen LogP contribution in [0.25, 0.3) is 0 Å². The molecular weight excluding hydrogens is 306 g/mol. The van der Waals surface area contributed by atoms with E-state index in [4.69, 9.17) is 4.74 Å². The van der Waals surface area contributed by atoms with E-state index < -0.39 is 0 Å². The van der Waals surface area contributed by atoms with E-state index in [0.717, 1.165) is 17.1 Å². The van der Waals surface area contributed by atoms with Crippen LogP contribution in [0, 0.1) is 20.8 Å². The maximum absolute atomic E-state index is 13.0. The van der Waals surface area contributed by atoms with Gasteiger partial charge in [-0.05, 0) is 39.7 Å². The van der Waals surface area contributed by atoms with E-state index in [1.807, 2.05) is 17.9 Å². The van der Waals surface area contributed by atoms with Crippen LogP contribution in [0.3, 0.4) is 0 Å². The summed E-state index contributed by atoms with van der Waals surface area (Å²) >= 11 is 0. The zero-order valence-corrected chi connectivity index (χ0v) is 14.4. The van der Waals surface area contributed by atoms with Crippen LogP contribution in [-0.4, -0.2) is 50.3 Å². The molecule has 0 spiro atoms. The summed E-state index contributed by atoms with van der Waals surface area (Å²) in [7, 11) is 0. The number of aryl methyl sites for hydroxylation is 2. The molecule has 0 aromatic carbocycles. The third-order valence-corrected chi connectivity index (χ3v) is 4.88. The van der Waals surface area contributed by atoms with Crippen LogP contribution in [0.15, 0.2) is 6.07 Å². The van der Waals surface area contributed by atoms with Gasteiger partial charge in [-0.15, -0.1) is 0 Å². The van der Waals surface area contributed by atoms with E-state index in [1.165, 1.54) is 18.5 Å². The number of amides is 1. The summed E-state index contributed by atoms with van der Waals surface area (Å²) in [5, 5.41) is 7.00. The Morgan fingerprint density at radius 1 is 1.33 bits per heavy atom. The first kappa shape index (κ1) is 15.4. The zero-order chi connectivity index (χ0) is 16.8. The van der Waals surface area contributed by atoms with E-state index >= 15 is 0 Å². The Labute approximate surface area is 141 Å². The molecule has 2 fully saturated rings. The van der Waals surface area contributed by atoms with Crippen molar-refractivity contribution < 1.29 is 9.53 Å². The highest BCUT2D eigenvalue weighted by Gasteiger charge is 2.32.